The number of para-hydroxylation sites is 1. The summed E-state index contributed by atoms with van der Waals surface area (Å²) in [6.45, 7) is 0. The van der Waals surface area contributed by atoms with E-state index in [0.29, 0.717) is 0 Å². The minimum atomic E-state index is -2.85. The minimum Gasteiger partial charge on any atom is -0.309 e. The molecule has 10 aromatic rings. The molecule has 242 valence electrons. The summed E-state index contributed by atoms with van der Waals surface area (Å²) in [7, 11) is -2.85. The summed E-state index contributed by atoms with van der Waals surface area (Å²) in [6, 6.07) is 69.3. The van der Waals surface area contributed by atoms with E-state index in [-0.39, 0.29) is 0 Å². The Bertz CT molecular complexity index is 2950. The summed E-state index contributed by atoms with van der Waals surface area (Å²) in [5, 5.41) is 11.7. The van der Waals surface area contributed by atoms with Crippen molar-refractivity contribution in [1.29, 1.82) is 0 Å². The lowest BCUT2D eigenvalue weighted by Crippen LogP contribution is -2.73. The molecular formula is C49H32N2Si. The van der Waals surface area contributed by atoms with Gasteiger partial charge in [-0.2, -0.15) is 0 Å². The van der Waals surface area contributed by atoms with E-state index in [1.54, 1.807) is 0 Å². The van der Waals surface area contributed by atoms with Crippen LogP contribution in [0.4, 0.5) is 0 Å². The van der Waals surface area contributed by atoms with Crippen LogP contribution in [0.1, 0.15) is 0 Å². The van der Waals surface area contributed by atoms with Crippen molar-refractivity contribution >= 4 is 72.3 Å². The van der Waals surface area contributed by atoms with E-state index in [1.165, 1.54) is 81.0 Å². The van der Waals surface area contributed by atoms with E-state index < -0.39 is 8.07 Å². The lowest BCUT2D eigenvalue weighted by molar-refractivity contribution is 1.18. The van der Waals surface area contributed by atoms with Gasteiger partial charge in [0.2, 0.25) is 0 Å². The highest BCUT2D eigenvalue weighted by Gasteiger charge is 2.50. The van der Waals surface area contributed by atoms with Gasteiger partial charge in [-0.05, 0) is 72.0 Å². The lowest BCUT2D eigenvalue weighted by atomic mass is 9.97. The fourth-order valence-electron chi connectivity index (χ4n) is 9.15. The Labute approximate surface area is 302 Å². The SMILES string of the molecule is c1ccc(-c2ccc(-n3c4ccccc4c4cnc5c6c(ccc5c43)-c3c(ccc4ccccc34)[Si]6(c3ccccc3)c3ccccc3)cc2)cc1. The third-order valence-electron chi connectivity index (χ3n) is 11.3. The van der Waals surface area contributed by atoms with Crippen molar-refractivity contribution in [3.05, 3.63) is 194 Å². The van der Waals surface area contributed by atoms with Crippen molar-refractivity contribution in [1.82, 2.24) is 9.55 Å². The summed E-state index contributed by atoms with van der Waals surface area (Å²) in [5.74, 6) is 0. The fraction of sp³-hybridized carbons (Fsp3) is 0. The Kier molecular flexibility index (Phi) is 6.31. The number of aromatic nitrogens is 2. The van der Waals surface area contributed by atoms with Crippen LogP contribution in [0.5, 0.6) is 0 Å². The zero-order chi connectivity index (χ0) is 34.2. The van der Waals surface area contributed by atoms with Crippen molar-refractivity contribution in [3.63, 3.8) is 0 Å². The minimum absolute atomic E-state index is 1.09. The second kappa shape index (κ2) is 11.2. The Morgan fingerprint density at radius 1 is 0.442 bits per heavy atom. The Balaban J connectivity index is 1.29. The molecule has 0 unspecified atom stereocenters. The van der Waals surface area contributed by atoms with Gasteiger partial charge in [0.25, 0.3) is 0 Å². The number of rotatable bonds is 4. The number of benzene rings is 8. The number of fused-ring (bicyclic) bond motifs is 11. The molecule has 0 bridgehead atoms. The van der Waals surface area contributed by atoms with Crippen LogP contribution in [0.2, 0.25) is 0 Å². The van der Waals surface area contributed by atoms with E-state index >= 15 is 0 Å². The maximum absolute atomic E-state index is 5.52. The van der Waals surface area contributed by atoms with Gasteiger partial charge in [0.1, 0.15) is 0 Å². The van der Waals surface area contributed by atoms with E-state index in [0.717, 1.165) is 11.2 Å². The van der Waals surface area contributed by atoms with Gasteiger partial charge >= 0.3 is 0 Å². The average Bonchev–Trinajstić information content (AvgIpc) is 3.73. The molecule has 11 rings (SSSR count). The van der Waals surface area contributed by atoms with Gasteiger partial charge in [0.05, 0.1) is 16.6 Å². The zero-order valence-corrected chi connectivity index (χ0v) is 29.4. The van der Waals surface area contributed by atoms with Gasteiger partial charge in [-0.3, -0.25) is 4.98 Å². The molecule has 0 spiro atoms. The molecule has 0 atom stereocenters. The smallest absolute Gasteiger partial charge is 0.183 e. The van der Waals surface area contributed by atoms with Crippen LogP contribution in [-0.4, -0.2) is 17.6 Å². The quantitative estimate of drug-likeness (QED) is 0.170. The lowest BCUT2D eigenvalue weighted by Gasteiger charge is -2.32. The van der Waals surface area contributed by atoms with Gasteiger partial charge in [0.15, 0.2) is 8.07 Å². The molecule has 3 heteroatoms. The van der Waals surface area contributed by atoms with Crippen LogP contribution in [0.15, 0.2) is 194 Å². The Hall–Kier alpha value is -6.55. The maximum atomic E-state index is 5.52. The summed E-state index contributed by atoms with van der Waals surface area (Å²) in [6.07, 6.45) is 2.14. The third-order valence-corrected chi connectivity index (χ3v) is 16.2. The monoisotopic (exact) mass is 676 g/mol. The highest BCUT2D eigenvalue weighted by molar-refractivity contribution is 7.23. The molecule has 0 saturated carbocycles. The average molecular weight is 677 g/mol. The number of pyridine rings is 1. The first-order valence-corrected chi connectivity index (χ1v) is 20.0. The highest BCUT2D eigenvalue weighted by atomic mass is 28.3. The number of hydrogen-bond acceptors (Lipinski definition) is 1. The van der Waals surface area contributed by atoms with Crippen molar-refractivity contribution in [2.45, 2.75) is 0 Å². The topological polar surface area (TPSA) is 17.8 Å². The summed E-state index contributed by atoms with van der Waals surface area (Å²) < 4.78 is 2.46. The fourth-order valence-corrected chi connectivity index (χ4v) is 14.5. The van der Waals surface area contributed by atoms with Gasteiger partial charge in [0, 0.05) is 28.0 Å². The molecule has 8 aromatic carbocycles. The van der Waals surface area contributed by atoms with E-state index in [2.05, 4.69) is 199 Å². The molecule has 2 nitrogen and oxygen atoms in total. The third kappa shape index (κ3) is 3.97. The molecular weight excluding hydrogens is 645 g/mol. The van der Waals surface area contributed by atoms with Gasteiger partial charge < -0.3 is 4.57 Å². The predicted octanol–water partition coefficient (Wildman–Crippen LogP) is 9.51. The Morgan fingerprint density at radius 3 is 1.79 bits per heavy atom. The molecule has 1 aliphatic heterocycles. The molecule has 0 aliphatic carbocycles. The second-order valence-electron chi connectivity index (χ2n) is 13.9. The standard InChI is InChI=1S/C49H32N2Si/c1-4-14-33(15-5-1)34-24-27-36(28-25-34)51-44-23-13-12-22-40(44)43-32-50-47-42(48(43)51)30-29-41-46-39-21-11-10-16-35(39)26-31-45(46)52(49(41)47,37-17-6-2-7-18-37)38-19-8-3-9-20-38/h1-32H. The molecule has 0 amide bonds. The van der Waals surface area contributed by atoms with Crippen LogP contribution >= 0.6 is 0 Å². The van der Waals surface area contributed by atoms with E-state index in [9.17, 15) is 0 Å². The van der Waals surface area contributed by atoms with Crippen molar-refractivity contribution in [3.8, 4) is 27.9 Å². The van der Waals surface area contributed by atoms with Gasteiger partial charge in [-0.1, -0.05) is 170 Å². The number of nitrogens with zero attached hydrogens (tertiary/aromatic N) is 2. The van der Waals surface area contributed by atoms with E-state index in [4.69, 9.17) is 4.98 Å². The molecule has 1 aliphatic rings. The molecule has 3 heterocycles. The summed E-state index contributed by atoms with van der Waals surface area (Å²) in [5.41, 5.74) is 9.71. The molecule has 2 aromatic heterocycles. The second-order valence-corrected chi connectivity index (χ2v) is 17.6. The molecule has 0 radical (unpaired) electrons. The van der Waals surface area contributed by atoms with Crippen LogP contribution in [0, 0.1) is 0 Å². The zero-order valence-electron chi connectivity index (χ0n) is 28.4. The summed E-state index contributed by atoms with van der Waals surface area (Å²) >= 11 is 0. The predicted molar refractivity (Wildman–Crippen MR) is 222 cm³/mol. The normalized spacial score (nSPS) is 13.2. The van der Waals surface area contributed by atoms with Crippen molar-refractivity contribution in [2.75, 3.05) is 0 Å². The first-order chi connectivity index (χ1) is 25.8. The van der Waals surface area contributed by atoms with Gasteiger partial charge in [-0.25, -0.2) is 0 Å². The Morgan fingerprint density at radius 2 is 1.06 bits per heavy atom. The van der Waals surface area contributed by atoms with Crippen LogP contribution in [-0.2, 0) is 0 Å². The first-order valence-electron chi connectivity index (χ1n) is 18.0. The van der Waals surface area contributed by atoms with E-state index in [1.807, 2.05) is 0 Å². The molecule has 0 saturated heterocycles. The number of hydrogen-bond donors (Lipinski definition) is 0. The van der Waals surface area contributed by atoms with Gasteiger partial charge in [-0.15, -0.1) is 0 Å². The van der Waals surface area contributed by atoms with Crippen LogP contribution in [0.3, 0.4) is 0 Å². The van der Waals surface area contributed by atoms with Crippen molar-refractivity contribution < 1.29 is 0 Å². The first kappa shape index (κ1) is 29.2. The highest BCUT2D eigenvalue weighted by Crippen LogP contribution is 2.40. The van der Waals surface area contributed by atoms with Crippen molar-refractivity contribution in [2.24, 2.45) is 0 Å². The van der Waals surface area contributed by atoms with Crippen LogP contribution < -0.4 is 20.7 Å². The molecule has 52 heavy (non-hydrogen) atoms. The van der Waals surface area contributed by atoms with Crippen LogP contribution in [0.25, 0.3) is 71.4 Å². The largest absolute Gasteiger partial charge is 0.309 e. The summed E-state index contributed by atoms with van der Waals surface area (Å²) in [4.78, 5) is 5.52. The molecule has 0 N–H and O–H groups in total. The molecule has 0 fully saturated rings. The maximum Gasteiger partial charge on any atom is 0.183 e.